The average molecular weight is 455 g/mol. The number of benzene rings is 3. The van der Waals surface area contributed by atoms with Gasteiger partial charge >= 0.3 is 16.6 Å². The van der Waals surface area contributed by atoms with E-state index in [-0.39, 0.29) is 23.8 Å². The second-order valence-corrected chi connectivity index (χ2v) is 8.17. The Hall–Kier alpha value is -3.72. The lowest BCUT2D eigenvalue weighted by Crippen LogP contribution is -2.28. The monoisotopic (exact) mass is 455 g/mol. The highest BCUT2D eigenvalue weighted by Gasteiger charge is 2.29. The standard InChI is InChI=1S/C23H18FNO6S/c1-25(16-10-15(13-26)11-17(12-16)31-32(24,28)29)23(27)30-14-22-20-8-4-2-6-18(20)19-7-3-5-9-21(19)22/h2-13,22H,14H2,1H3. The maximum atomic E-state index is 12.9. The highest BCUT2D eigenvalue weighted by Crippen LogP contribution is 2.44. The Morgan fingerprint density at radius 2 is 1.62 bits per heavy atom. The van der Waals surface area contributed by atoms with Crippen molar-refractivity contribution in [1.29, 1.82) is 0 Å². The molecule has 3 aromatic carbocycles. The van der Waals surface area contributed by atoms with Gasteiger partial charge in [0.1, 0.15) is 18.6 Å². The van der Waals surface area contributed by atoms with E-state index in [2.05, 4.69) is 4.18 Å². The normalized spacial score (nSPS) is 12.6. The van der Waals surface area contributed by atoms with Gasteiger partial charge in [0.05, 0.1) is 5.69 Å². The van der Waals surface area contributed by atoms with Crippen LogP contribution in [0.2, 0.25) is 0 Å². The number of amides is 1. The van der Waals surface area contributed by atoms with Crippen LogP contribution in [0.15, 0.2) is 66.7 Å². The number of ether oxygens (including phenoxy) is 1. The van der Waals surface area contributed by atoms with E-state index in [1.165, 1.54) is 13.1 Å². The summed E-state index contributed by atoms with van der Waals surface area (Å²) in [5.41, 5.74) is 4.38. The van der Waals surface area contributed by atoms with E-state index in [1.54, 1.807) is 0 Å². The number of hydrogen-bond donors (Lipinski definition) is 0. The number of anilines is 1. The van der Waals surface area contributed by atoms with Crippen LogP contribution in [-0.2, 0) is 15.2 Å². The van der Waals surface area contributed by atoms with Crippen LogP contribution < -0.4 is 9.08 Å². The van der Waals surface area contributed by atoms with E-state index < -0.39 is 22.3 Å². The number of nitrogens with zero attached hydrogens (tertiary/aromatic N) is 1. The lowest BCUT2D eigenvalue weighted by atomic mass is 9.98. The molecule has 0 aliphatic heterocycles. The van der Waals surface area contributed by atoms with Crippen LogP contribution >= 0.6 is 0 Å². The van der Waals surface area contributed by atoms with Crippen LogP contribution in [0.3, 0.4) is 0 Å². The van der Waals surface area contributed by atoms with Crippen LogP contribution in [0.4, 0.5) is 14.4 Å². The summed E-state index contributed by atoms with van der Waals surface area (Å²) in [6, 6.07) is 19.3. The summed E-state index contributed by atoms with van der Waals surface area (Å²) in [5.74, 6) is -0.581. The van der Waals surface area contributed by atoms with E-state index in [1.807, 2.05) is 48.5 Å². The quantitative estimate of drug-likeness (QED) is 0.402. The average Bonchev–Trinajstić information content (AvgIpc) is 3.09. The van der Waals surface area contributed by atoms with Crippen molar-refractivity contribution in [2.45, 2.75) is 5.92 Å². The van der Waals surface area contributed by atoms with Gasteiger partial charge in [-0.1, -0.05) is 52.4 Å². The molecular weight excluding hydrogens is 437 g/mol. The third-order valence-electron chi connectivity index (χ3n) is 5.24. The highest BCUT2D eigenvalue weighted by molar-refractivity contribution is 7.81. The molecule has 7 nitrogen and oxygen atoms in total. The predicted molar refractivity (Wildman–Crippen MR) is 116 cm³/mol. The number of fused-ring (bicyclic) bond motifs is 3. The summed E-state index contributed by atoms with van der Waals surface area (Å²) in [4.78, 5) is 25.0. The van der Waals surface area contributed by atoms with Gasteiger partial charge in [-0.05, 0) is 34.4 Å². The van der Waals surface area contributed by atoms with Gasteiger partial charge in [-0.25, -0.2) is 4.79 Å². The van der Waals surface area contributed by atoms with Gasteiger partial charge in [-0.15, -0.1) is 0 Å². The third-order valence-corrected chi connectivity index (χ3v) is 5.63. The van der Waals surface area contributed by atoms with Gasteiger partial charge < -0.3 is 8.92 Å². The number of hydrogen-bond acceptors (Lipinski definition) is 6. The molecular formula is C23H18FNO6S. The number of rotatable bonds is 6. The Morgan fingerprint density at radius 3 is 2.19 bits per heavy atom. The van der Waals surface area contributed by atoms with E-state index in [0.29, 0.717) is 6.29 Å². The molecule has 0 saturated heterocycles. The van der Waals surface area contributed by atoms with E-state index in [4.69, 9.17) is 4.74 Å². The van der Waals surface area contributed by atoms with Crippen LogP contribution in [-0.4, -0.2) is 34.5 Å². The summed E-state index contributed by atoms with van der Waals surface area (Å²) in [6.45, 7) is 0.0762. The smallest absolute Gasteiger partial charge is 0.448 e. The third kappa shape index (κ3) is 4.33. The number of halogens is 1. The zero-order chi connectivity index (χ0) is 22.9. The van der Waals surface area contributed by atoms with Gasteiger partial charge in [0.25, 0.3) is 0 Å². The maximum absolute atomic E-state index is 12.9. The molecule has 0 aromatic heterocycles. The van der Waals surface area contributed by atoms with Crippen molar-refractivity contribution < 1.29 is 30.8 Å². The minimum Gasteiger partial charge on any atom is -0.448 e. The molecule has 1 amide bonds. The van der Waals surface area contributed by atoms with Crippen LogP contribution in [0.5, 0.6) is 5.75 Å². The fourth-order valence-electron chi connectivity index (χ4n) is 3.83. The second-order valence-electron chi connectivity index (χ2n) is 7.22. The zero-order valence-corrected chi connectivity index (χ0v) is 17.7. The fraction of sp³-hybridized carbons (Fsp3) is 0.130. The highest BCUT2D eigenvalue weighted by atomic mass is 32.3. The molecule has 1 aliphatic rings. The Morgan fingerprint density at radius 1 is 1.03 bits per heavy atom. The number of aldehydes is 1. The lowest BCUT2D eigenvalue weighted by molar-refractivity contribution is 0.112. The molecule has 0 radical (unpaired) electrons. The molecule has 1 aliphatic carbocycles. The van der Waals surface area contributed by atoms with E-state index in [0.717, 1.165) is 39.3 Å². The van der Waals surface area contributed by atoms with Crippen molar-refractivity contribution in [3.05, 3.63) is 83.4 Å². The van der Waals surface area contributed by atoms with Crippen molar-refractivity contribution in [2.75, 3.05) is 18.6 Å². The van der Waals surface area contributed by atoms with Gasteiger partial charge in [-0.3, -0.25) is 9.69 Å². The molecule has 0 N–H and O–H groups in total. The van der Waals surface area contributed by atoms with Gasteiger partial charge in [-0.2, -0.15) is 8.42 Å². The first-order valence-electron chi connectivity index (χ1n) is 9.60. The van der Waals surface area contributed by atoms with Crippen LogP contribution in [0.25, 0.3) is 11.1 Å². The Bertz CT molecular complexity index is 1260. The van der Waals surface area contributed by atoms with Crippen molar-refractivity contribution in [3.8, 4) is 16.9 Å². The first kappa shape index (κ1) is 21.5. The number of carbonyl (C=O) groups excluding carboxylic acids is 2. The van der Waals surface area contributed by atoms with E-state index in [9.17, 15) is 21.9 Å². The minimum atomic E-state index is -5.29. The fourth-order valence-corrected chi connectivity index (χ4v) is 4.15. The van der Waals surface area contributed by atoms with Gasteiger partial charge in [0.15, 0.2) is 0 Å². The predicted octanol–water partition coefficient (Wildman–Crippen LogP) is 4.48. The van der Waals surface area contributed by atoms with Crippen molar-refractivity contribution in [2.24, 2.45) is 0 Å². The first-order valence-corrected chi connectivity index (χ1v) is 10.9. The summed E-state index contributed by atoms with van der Waals surface area (Å²) in [5, 5.41) is 0. The zero-order valence-electron chi connectivity index (χ0n) is 16.9. The van der Waals surface area contributed by atoms with Crippen LogP contribution in [0, 0.1) is 0 Å². The molecule has 0 bridgehead atoms. The summed E-state index contributed by atoms with van der Waals surface area (Å²) >= 11 is 0. The molecule has 0 atom stereocenters. The molecule has 0 fully saturated rings. The Labute approximate surface area is 184 Å². The summed E-state index contributed by atoms with van der Waals surface area (Å²) in [7, 11) is -3.91. The topological polar surface area (TPSA) is 90.0 Å². The molecule has 164 valence electrons. The van der Waals surface area contributed by atoms with E-state index >= 15 is 0 Å². The minimum absolute atomic E-state index is 0.000511. The molecule has 3 aromatic rings. The first-order chi connectivity index (χ1) is 15.3. The summed E-state index contributed by atoms with van der Waals surface area (Å²) in [6.07, 6.45) is -0.309. The molecule has 32 heavy (non-hydrogen) atoms. The number of carbonyl (C=O) groups is 2. The Balaban J connectivity index is 1.54. The van der Waals surface area contributed by atoms with Gasteiger partial charge in [0, 0.05) is 24.6 Å². The second kappa shape index (κ2) is 8.43. The molecule has 0 spiro atoms. The maximum Gasteiger partial charge on any atom is 0.488 e. The van der Waals surface area contributed by atoms with Crippen molar-refractivity contribution >= 4 is 28.6 Å². The largest absolute Gasteiger partial charge is 0.488 e. The van der Waals surface area contributed by atoms with Crippen molar-refractivity contribution in [1.82, 2.24) is 0 Å². The van der Waals surface area contributed by atoms with Gasteiger partial charge in [0.2, 0.25) is 0 Å². The molecule has 4 rings (SSSR count). The Kier molecular flexibility index (Phi) is 5.67. The van der Waals surface area contributed by atoms with Crippen LogP contribution in [0.1, 0.15) is 27.4 Å². The summed E-state index contributed by atoms with van der Waals surface area (Å²) < 4.78 is 44.2. The molecule has 0 heterocycles. The molecule has 9 heteroatoms. The lowest BCUT2D eigenvalue weighted by Gasteiger charge is -2.20. The SMILES string of the molecule is CN(C(=O)OCC1c2ccccc2-c2ccccc21)c1cc(C=O)cc(OS(=O)(=O)F)c1. The van der Waals surface area contributed by atoms with Crippen molar-refractivity contribution in [3.63, 3.8) is 0 Å². The molecule has 0 saturated carbocycles. The molecule has 0 unspecified atom stereocenters.